The molecule has 0 bridgehead atoms. The first-order valence-corrected chi connectivity index (χ1v) is 8.44. The second-order valence-electron chi connectivity index (χ2n) is 5.64. The molecule has 0 amide bonds. The topological polar surface area (TPSA) is 41.1 Å². The molecule has 2 aromatic rings. The number of thiazole rings is 1. The summed E-state index contributed by atoms with van der Waals surface area (Å²) in [5.74, 6) is 1.10. The van der Waals surface area contributed by atoms with Crippen molar-refractivity contribution >= 4 is 17.2 Å². The molecule has 1 aliphatic heterocycles. The molecule has 0 radical (unpaired) electrons. The monoisotopic (exact) mass is 302 g/mol. The average molecular weight is 302 g/mol. The van der Waals surface area contributed by atoms with E-state index in [1.165, 1.54) is 17.7 Å². The molecule has 5 heteroatoms. The standard InChI is InChI=1S/C16H22N4S/c1-12-16(21-11-18-12)13(2)19-14-6-9-20(10-7-14)15-5-3-4-8-17-15/h3-5,8,11,13-14,19H,6-7,9-10H2,1-2H3. The zero-order valence-corrected chi connectivity index (χ0v) is 13.4. The molecule has 0 spiro atoms. The number of nitrogens with one attached hydrogen (secondary N) is 1. The first-order chi connectivity index (χ1) is 10.2. The van der Waals surface area contributed by atoms with Crippen molar-refractivity contribution in [3.05, 3.63) is 40.5 Å². The maximum atomic E-state index is 4.44. The predicted molar refractivity (Wildman–Crippen MR) is 87.9 cm³/mol. The summed E-state index contributed by atoms with van der Waals surface area (Å²) in [7, 11) is 0. The van der Waals surface area contributed by atoms with E-state index in [-0.39, 0.29) is 0 Å². The van der Waals surface area contributed by atoms with E-state index in [0.29, 0.717) is 12.1 Å². The highest BCUT2D eigenvalue weighted by Gasteiger charge is 2.22. The van der Waals surface area contributed by atoms with Gasteiger partial charge in [0.05, 0.1) is 11.2 Å². The highest BCUT2D eigenvalue weighted by molar-refractivity contribution is 7.09. The Hall–Kier alpha value is -1.46. The molecule has 1 fully saturated rings. The van der Waals surface area contributed by atoms with Crippen molar-refractivity contribution in [2.24, 2.45) is 0 Å². The van der Waals surface area contributed by atoms with Crippen molar-refractivity contribution in [3.8, 4) is 0 Å². The summed E-state index contributed by atoms with van der Waals surface area (Å²) in [5.41, 5.74) is 3.10. The fourth-order valence-electron chi connectivity index (χ4n) is 2.97. The van der Waals surface area contributed by atoms with Crippen molar-refractivity contribution < 1.29 is 0 Å². The lowest BCUT2D eigenvalue weighted by Gasteiger charge is -2.34. The zero-order valence-electron chi connectivity index (χ0n) is 12.6. The number of aryl methyl sites for hydroxylation is 1. The van der Waals surface area contributed by atoms with Crippen LogP contribution < -0.4 is 10.2 Å². The molecule has 0 saturated carbocycles. The summed E-state index contributed by atoms with van der Waals surface area (Å²) in [4.78, 5) is 12.5. The van der Waals surface area contributed by atoms with Gasteiger partial charge in [0.1, 0.15) is 5.82 Å². The molecular formula is C16H22N4S. The van der Waals surface area contributed by atoms with Gasteiger partial charge < -0.3 is 10.2 Å². The van der Waals surface area contributed by atoms with Crippen LogP contribution >= 0.6 is 11.3 Å². The second-order valence-corrected chi connectivity index (χ2v) is 6.53. The Kier molecular flexibility index (Phi) is 4.51. The Labute approximate surface area is 130 Å². The molecule has 0 aromatic carbocycles. The third-order valence-electron chi connectivity index (χ3n) is 4.13. The van der Waals surface area contributed by atoms with Crippen LogP contribution in [0.2, 0.25) is 0 Å². The lowest BCUT2D eigenvalue weighted by atomic mass is 10.0. The van der Waals surface area contributed by atoms with Crippen molar-refractivity contribution in [2.45, 2.75) is 38.8 Å². The van der Waals surface area contributed by atoms with Crippen LogP contribution in [0, 0.1) is 6.92 Å². The summed E-state index contributed by atoms with van der Waals surface area (Å²) < 4.78 is 0. The van der Waals surface area contributed by atoms with E-state index in [9.17, 15) is 0 Å². The van der Waals surface area contributed by atoms with E-state index < -0.39 is 0 Å². The van der Waals surface area contributed by atoms with Crippen LogP contribution in [0.5, 0.6) is 0 Å². The van der Waals surface area contributed by atoms with Crippen LogP contribution in [-0.2, 0) is 0 Å². The number of hydrogen-bond donors (Lipinski definition) is 1. The minimum absolute atomic E-state index is 0.393. The van der Waals surface area contributed by atoms with Gasteiger partial charge in [0, 0.05) is 36.2 Å². The van der Waals surface area contributed by atoms with Crippen LogP contribution in [-0.4, -0.2) is 29.1 Å². The summed E-state index contributed by atoms with van der Waals surface area (Å²) in [6.45, 7) is 6.48. The molecule has 4 nitrogen and oxygen atoms in total. The maximum absolute atomic E-state index is 4.44. The number of anilines is 1. The summed E-state index contributed by atoms with van der Waals surface area (Å²) in [6, 6.07) is 7.10. The predicted octanol–water partition coefficient (Wildman–Crippen LogP) is 3.17. The number of aromatic nitrogens is 2. The van der Waals surface area contributed by atoms with Gasteiger partial charge in [-0.15, -0.1) is 11.3 Å². The molecule has 2 aromatic heterocycles. The summed E-state index contributed by atoms with van der Waals surface area (Å²) in [6.07, 6.45) is 4.20. The van der Waals surface area contributed by atoms with Gasteiger partial charge in [0.25, 0.3) is 0 Å². The zero-order chi connectivity index (χ0) is 14.7. The largest absolute Gasteiger partial charge is 0.357 e. The van der Waals surface area contributed by atoms with E-state index in [4.69, 9.17) is 0 Å². The molecule has 1 saturated heterocycles. The van der Waals surface area contributed by atoms with Gasteiger partial charge in [-0.05, 0) is 38.8 Å². The van der Waals surface area contributed by atoms with E-state index >= 15 is 0 Å². The smallest absolute Gasteiger partial charge is 0.128 e. The number of nitrogens with zero attached hydrogens (tertiary/aromatic N) is 3. The lowest BCUT2D eigenvalue weighted by molar-refractivity contribution is 0.381. The van der Waals surface area contributed by atoms with E-state index in [2.05, 4.69) is 46.2 Å². The number of pyridine rings is 1. The molecule has 3 rings (SSSR count). The fourth-order valence-corrected chi connectivity index (χ4v) is 3.79. The Balaban J connectivity index is 1.53. The molecule has 1 N–H and O–H groups in total. The Morgan fingerprint density at radius 3 is 2.71 bits per heavy atom. The van der Waals surface area contributed by atoms with Gasteiger partial charge in [-0.3, -0.25) is 0 Å². The Morgan fingerprint density at radius 2 is 2.10 bits per heavy atom. The van der Waals surface area contributed by atoms with Crippen molar-refractivity contribution in [3.63, 3.8) is 0 Å². The molecule has 112 valence electrons. The minimum atomic E-state index is 0.393. The number of rotatable bonds is 4. The average Bonchev–Trinajstić information content (AvgIpc) is 2.95. The van der Waals surface area contributed by atoms with Crippen LogP contribution in [0.15, 0.2) is 29.9 Å². The van der Waals surface area contributed by atoms with Gasteiger partial charge in [-0.2, -0.15) is 0 Å². The van der Waals surface area contributed by atoms with Crippen LogP contribution in [0.1, 0.15) is 36.4 Å². The Morgan fingerprint density at radius 1 is 1.29 bits per heavy atom. The first kappa shape index (κ1) is 14.5. The SMILES string of the molecule is Cc1ncsc1C(C)NC1CCN(c2ccccn2)CC1. The van der Waals surface area contributed by atoms with E-state index in [1.54, 1.807) is 11.3 Å². The first-order valence-electron chi connectivity index (χ1n) is 7.56. The third kappa shape index (κ3) is 3.41. The molecule has 1 atom stereocenters. The van der Waals surface area contributed by atoms with E-state index in [0.717, 1.165) is 24.6 Å². The summed E-state index contributed by atoms with van der Waals surface area (Å²) >= 11 is 1.75. The molecule has 21 heavy (non-hydrogen) atoms. The molecule has 3 heterocycles. The van der Waals surface area contributed by atoms with Crippen molar-refractivity contribution in [2.75, 3.05) is 18.0 Å². The molecule has 1 aliphatic rings. The van der Waals surface area contributed by atoms with Crippen LogP contribution in [0.4, 0.5) is 5.82 Å². The highest BCUT2D eigenvalue weighted by atomic mass is 32.1. The van der Waals surface area contributed by atoms with Gasteiger partial charge in [0.2, 0.25) is 0 Å². The van der Waals surface area contributed by atoms with Crippen molar-refractivity contribution in [1.29, 1.82) is 0 Å². The quantitative estimate of drug-likeness (QED) is 0.942. The third-order valence-corrected chi connectivity index (χ3v) is 5.24. The molecule has 0 aliphatic carbocycles. The van der Waals surface area contributed by atoms with Gasteiger partial charge in [-0.25, -0.2) is 9.97 Å². The van der Waals surface area contributed by atoms with Crippen LogP contribution in [0.3, 0.4) is 0 Å². The minimum Gasteiger partial charge on any atom is -0.357 e. The van der Waals surface area contributed by atoms with Crippen LogP contribution in [0.25, 0.3) is 0 Å². The normalized spacial score (nSPS) is 17.9. The second kappa shape index (κ2) is 6.54. The van der Waals surface area contributed by atoms with Crippen molar-refractivity contribution in [1.82, 2.24) is 15.3 Å². The van der Waals surface area contributed by atoms with E-state index in [1.807, 2.05) is 17.8 Å². The Bertz CT molecular complexity index is 561. The number of hydrogen-bond acceptors (Lipinski definition) is 5. The fraction of sp³-hybridized carbons (Fsp3) is 0.500. The van der Waals surface area contributed by atoms with Gasteiger partial charge >= 0.3 is 0 Å². The highest BCUT2D eigenvalue weighted by Crippen LogP contribution is 2.24. The van der Waals surface area contributed by atoms with Gasteiger partial charge in [0.15, 0.2) is 0 Å². The lowest BCUT2D eigenvalue weighted by Crippen LogP contribution is -2.43. The molecule has 1 unspecified atom stereocenters. The number of piperidine rings is 1. The molecular weight excluding hydrogens is 280 g/mol. The maximum Gasteiger partial charge on any atom is 0.128 e. The summed E-state index contributed by atoms with van der Waals surface area (Å²) in [5, 5.41) is 3.76. The van der Waals surface area contributed by atoms with Gasteiger partial charge in [-0.1, -0.05) is 6.07 Å².